The Balaban J connectivity index is 1.67. The number of hydrogen-bond acceptors (Lipinski definition) is 4. The van der Waals surface area contributed by atoms with E-state index in [1.165, 1.54) is 23.5 Å². The number of amides is 1. The van der Waals surface area contributed by atoms with Gasteiger partial charge in [0.2, 0.25) is 6.41 Å². The summed E-state index contributed by atoms with van der Waals surface area (Å²) in [5.41, 5.74) is 3.48. The minimum atomic E-state index is -0.272. The SMILES string of the molecule is CC(C)N(C=O)Cc1ccc(Nc2nc(-c3cccc(F)c3)cs2)cc1. The summed E-state index contributed by atoms with van der Waals surface area (Å²) in [5, 5.41) is 5.90. The van der Waals surface area contributed by atoms with Gasteiger partial charge < -0.3 is 10.2 Å². The molecule has 3 rings (SSSR count). The smallest absolute Gasteiger partial charge is 0.210 e. The van der Waals surface area contributed by atoms with E-state index in [-0.39, 0.29) is 11.9 Å². The van der Waals surface area contributed by atoms with Gasteiger partial charge in [-0.25, -0.2) is 9.37 Å². The molecule has 0 bridgehead atoms. The van der Waals surface area contributed by atoms with E-state index in [1.807, 2.05) is 49.6 Å². The van der Waals surface area contributed by atoms with E-state index in [1.54, 1.807) is 11.0 Å². The van der Waals surface area contributed by atoms with E-state index < -0.39 is 0 Å². The lowest BCUT2D eigenvalue weighted by Crippen LogP contribution is -2.28. The van der Waals surface area contributed by atoms with Crippen LogP contribution in [0.1, 0.15) is 19.4 Å². The normalized spacial score (nSPS) is 10.8. The third-order valence-electron chi connectivity index (χ3n) is 3.99. The van der Waals surface area contributed by atoms with Crippen LogP contribution in [0.2, 0.25) is 0 Å². The first-order chi connectivity index (χ1) is 12.5. The van der Waals surface area contributed by atoms with Crippen molar-refractivity contribution in [2.45, 2.75) is 26.4 Å². The van der Waals surface area contributed by atoms with E-state index in [0.29, 0.717) is 6.54 Å². The fourth-order valence-corrected chi connectivity index (χ4v) is 3.22. The number of thiazole rings is 1. The Kier molecular flexibility index (Phi) is 5.63. The molecule has 0 aliphatic heterocycles. The number of benzene rings is 2. The molecule has 1 aromatic heterocycles. The summed E-state index contributed by atoms with van der Waals surface area (Å²) in [4.78, 5) is 17.3. The van der Waals surface area contributed by atoms with Crippen LogP contribution in [0.3, 0.4) is 0 Å². The minimum absolute atomic E-state index is 0.168. The van der Waals surface area contributed by atoms with Gasteiger partial charge in [-0.05, 0) is 43.7 Å². The average molecular weight is 369 g/mol. The number of hydrogen-bond donors (Lipinski definition) is 1. The van der Waals surface area contributed by atoms with Gasteiger partial charge in [0.1, 0.15) is 5.82 Å². The molecular formula is C20H20FN3OS. The van der Waals surface area contributed by atoms with Crippen LogP contribution in [-0.4, -0.2) is 22.3 Å². The van der Waals surface area contributed by atoms with Gasteiger partial charge in [-0.15, -0.1) is 11.3 Å². The van der Waals surface area contributed by atoms with Crippen molar-refractivity contribution in [2.75, 3.05) is 5.32 Å². The summed E-state index contributed by atoms with van der Waals surface area (Å²) in [6.07, 6.45) is 0.875. The average Bonchev–Trinajstić information content (AvgIpc) is 3.09. The Hall–Kier alpha value is -2.73. The van der Waals surface area contributed by atoms with Crippen LogP contribution < -0.4 is 5.32 Å². The van der Waals surface area contributed by atoms with Gasteiger partial charge in [-0.2, -0.15) is 0 Å². The van der Waals surface area contributed by atoms with Gasteiger partial charge >= 0.3 is 0 Å². The van der Waals surface area contributed by atoms with Gasteiger partial charge in [0, 0.05) is 29.2 Å². The first-order valence-corrected chi connectivity index (χ1v) is 9.21. The largest absolute Gasteiger partial charge is 0.339 e. The van der Waals surface area contributed by atoms with E-state index in [0.717, 1.165) is 34.0 Å². The highest BCUT2D eigenvalue weighted by Gasteiger charge is 2.08. The molecule has 0 spiro atoms. The second-order valence-electron chi connectivity index (χ2n) is 6.24. The van der Waals surface area contributed by atoms with Crippen LogP contribution in [0, 0.1) is 5.82 Å². The standard InChI is InChI=1S/C20H20FN3OS/c1-14(2)24(13-25)11-15-6-8-18(9-7-15)22-20-23-19(12-26-20)16-4-3-5-17(21)10-16/h3-10,12-14H,11H2,1-2H3,(H,22,23). The second-order valence-corrected chi connectivity index (χ2v) is 7.10. The number of halogens is 1. The van der Waals surface area contributed by atoms with E-state index in [2.05, 4.69) is 10.3 Å². The molecule has 134 valence electrons. The van der Waals surface area contributed by atoms with Gasteiger partial charge in [0.15, 0.2) is 5.13 Å². The Morgan fingerprint density at radius 2 is 2.00 bits per heavy atom. The van der Waals surface area contributed by atoms with Gasteiger partial charge in [0.05, 0.1) is 5.69 Å². The molecule has 0 saturated heterocycles. The molecular weight excluding hydrogens is 349 g/mol. The van der Waals surface area contributed by atoms with E-state index >= 15 is 0 Å². The number of anilines is 2. The molecule has 1 N–H and O–H groups in total. The Morgan fingerprint density at radius 1 is 1.23 bits per heavy atom. The summed E-state index contributed by atoms with van der Waals surface area (Å²) in [7, 11) is 0. The topological polar surface area (TPSA) is 45.2 Å². The summed E-state index contributed by atoms with van der Waals surface area (Å²) >= 11 is 1.47. The number of nitrogens with one attached hydrogen (secondary N) is 1. The van der Waals surface area contributed by atoms with Crippen molar-refractivity contribution >= 4 is 28.6 Å². The molecule has 1 amide bonds. The Morgan fingerprint density at radius 3 is 2.65 bits per heavy atom. The maximum Gasteiger partial charge on any atom is 0.210 e. The Labute approximate surface area is 156 Å². The molecule has 6 heteroatoms. The molecule has 0 radical (unpaired) electrons. The zero-order valence-corrected chi connectivity index (χ0v) is 15.5. The number of carbonyl (C=O) groups excluding carboxylic acids is 1. The summed E-state index contributed by atoms with van der Waals surface area (Å²) < 4.78 is 13.3. The van der Waals surface area contributed by atoms with Crippen molar-refractivity contribution < 1.29 is 9.18 Å². The van der Waals surface area contributed by atoms with Crippen molar-refractivity contribution in [1.82, 2.24) is 9.88 Å². The molecule has 0 atom stereocenters. The molecule has 0 unspecified atom stereocenters. The highest BCUT2D eigenvalue weighted by Crippen LogP contribution is 2.27. The van der Waals surface area contributed by atoms with Crippen LogP contribution >= 0.6 is 11.3 Å². The molecule has 0 aliphatic rings. The highest BCUT2D eigenvalue weighted by atomic mass is 32.1. The number of aromatic nitrogens is 1. The zero-order valence-electron chi connectivity index (χ0n) is 14.6. The molecule has 0 aliphatic carbocycles. The summed E-state index contributed by atoms with van der Waals surface area (Å²) in [6, 6.07) is 14.5. The molecule has 0 fully saturated rings. The molecule has 3 aromatic rings. The Bertz CT molecular complexity index is 877. The fraction of sp³-hybridized carbons (Fsp3) is 0.200. The maximum absolute atomic E-state index is 13.3. The van der Waals surface area contributed by atoms with Gasteiger partial charge in [-0.3, -0.25) is 4.79 Å². The third kappa shape index (κ3) is 4.46. The van der Waals surface area contributed by atoms with Crippen LogP contribution in [-0.2, 0) is 11.3 Å². The van der Waals surface area contributed by atoms with Crippen molar-refractivity contribution in [1.29, 1.82) is 0 Å². The van der Waals surface area contributed by atoms with Gasteiger partial charge in [-0.1, -0.05) is 24.3 Å². The van der Waals surface area contributed by atoms with Crippen molar-refractivity contribution in [3.8, 4) is 11.3 Å². The number of rotatable bonds is 7. The first kappa shape index (κ1) is 18.1. The minimum Gasteiger partial charge on any atom is -0.339 e. The molecule has 2 aromatic carbocycles. The zero-order chi connectivity index (χ0) is 18.5. The fourth-order valence-electron chi connectivity index (χ4n) is 2.48. The molecule has 0 saturated carbocycles. The van der Waals surface area contributed by atoms with Crippen molar-refractivity contribution in [3.05, 3.63) is 65.3 Å². The van der Waals surface area contributed by atoms with E-state index in [9.17, 15) is 9.18 Å². The van der Waals surface area contributed by atoms with Crippen molar-refractivity contribution in [3.63, 3.8) is 0 Å². The maximum atomic E-state index is 13.3. The molecule has 26 heavy (non-hydrogen) atoms. The number of nitrogens with zero attached hydrogens (tertiary/aromatic N) is 2. The lowest BCUT2D eigenvalue weighted by atomic mass is 10.2. The van der Waals surface area contributed by atoms with Crippen LogP contribution in [0.5, 0.6) is 0 Å². The monoisotopic (exact) mass is 369 g/mol. The predicted octanol–water partition coefficient (Wildman–Crippen LogP) is 5.06. The lowest BCUT2D eigenvalue weighted by Gasteiger charge is -2.21. The predicted molar refractivity (Wildman–Crippen MR) is 104 cm³/mol. The second kappa shape index (κ2) is 8.10. The molecule has 1 heterocycles. The van der Waals surface area contributed by atoms with Gasteiger partial charge in [0.25, 0.3) is 0 Å². The molecule has 4 nitrogen and oxygen atoms in total. The third-order valence-corrected chi connectivity index (χ3v) is 4.75. The van der Waals surface area contributed by atoms with Crippen molar-refractivity contribution in [2.24, 2.45) is 0 Å². The van der Waals surface area contributed by atoms with Crippen LogP contribution in [0.25, 0.3) is 11.3 Å². The summed E-state index contributed by atoms with van der Waals surface area (Å²) in [6.45, 7) is 4.56. The van der Waals surface area contributed by atoms with Crippen LogP contribution in [0.4, 0.5) is 15.2 Å². The summed E-state index contributed by atoms with van der Waals surface area (Å²) in [5.74, 6) is -0.272. The first-order valence-electron chi connectivity index (χ1n) is 8.33. The van der Waals surface area contributed by atoms with Crippen LogP contribution in [0.15, 0.2) is 53.9 Å². The lowest BCUT2D eigenvalue weighted by molar-refractivity contribution is -0.120. The van der Waals surface area contributed by atoms with E-state index in [4.69, 9.17) is 0 Å². The quantitative estimate of drug-likeness (QED) is 0.592. The highest BCUT2D eigenvalue weighted by molar-refractivity contribution is 7.14. The number of carbonyl (C=O) groups is 1.